The minimum absolute atomic E-state index is 0.192. The van der Waals surface area contributed by atoms with Crippen LogP contribution in [0.2, 0.25) is 0 Å². The van der Waals surface area contributed by atoms with E-state index in [9.17, 15) is 4.39 Å². The predicted octanol–water partition coefficient (Wildman–Crippen LogP) is 5.36. The van der Waals surface area contributed by atoms with Gasteiger partial charge in [0.05, 0.1) is 0 Å². The maximum Gasteiger partial charge on any atom is 0.123 e. The summed E-state index contributed by atoms with van der Waals surface area (Å²) < 4.78 is 13.2. The number of hydrogen-bond acceptors (Lipinski definition) is 2. The van der Waals surface area contributed by atoms with E-state index >= 15 is 0 Å². The van der Waals surface area contributed by atoms with E-state index in [4.69, 9.17) is 0 Å². The minimum atomic E-state index is -0.192. The van der Waals surface area contributed by atoms with Gasteiger partial charge in [0.25, 0.3) is 0 Å². The molecule has 3 heteroatoms. The molecule has 0 bridgehead atoms. The zero-order valence-electron chi connectivity index (χ0n) is 17.4. The number of allylic oxidation sites excluding steroid dienone is 7. The summed E-state index contributed by atoms with van der Waals surface area (Å²) in [5.41, 5.74) is 8.05. The zero-order chi connectivity index (χ0) is 20.6. The maximum atomic E-state index is 13.2. The highest BCUT2D eigenvalue weighted by Gasteiger charge is 2.19. The summed E-state index contributed by atoms with van der Waals surface area (Å²) in [5.74, 6) is -0.192. The van der Waals surface area contributed by atoms with Gasteiger partial charge < -0.3 is 5.32 Å². The molecular formula is C27H29FN2. The van der Waals surface area contributed by atoms with Crippen LogP contribution in [0.4, 0.5) is 4.39 Å². The van der Waals surface area contributed by atoms with Crippen LogP contribution in [0.5, 0.6) is 0 Å². The Hall–Kier alpha value is -2.71. The Bertz CT molecular complexity index is 945. The molecule has 4 rings (SSSR count). The Kier molecular flexibility index (Phi) is 7.10. The maximum absolute atomic E-state index is 13.2. The van der Waals surface area contributed by atoms with Gasteiger partial charge in [0.15, 0.2) is 0 Å². The fraction of sp³-hybridized carbons (Fsp3) is 0.296. The molecule has 0 aromatic heterocycles. The van der Waals surface area contributed by atoms with Gasteiger partial charge in [-0.3, -0.25) is 4.90 Å². The first-order valence-corrected chi connectivity index (χ1v) is 10.8. The summed E-state index contributed by atoms with van der Waals surface area (Å²) >= 11 is 0. The van der Waals surface area contributed by atoms with Gasteiger partial charge in [-0.05, 0) is 78.9 Å². The molecule has 1 heterocycles. The molecule has 0 atom stereocenters. The Labute approximate surface area is 179 Å². The largest absolute Gasteiger partial charge is 0.310 e. The molecule has 1 aromatic rings. The van der Waals surface area contributed by atoms with Gasteiger partial charge in [-0.25, -0.2) is 4.39 Å². The van der Waals surface area contributed by atoms with Crippen molar-refractivity contribution in [2.75, 3.05) is 26.2 Å². The van der Waals surface area contributed by atoms with Gasteiger partial charge in [-0.2, -0.15) is 0 Å². The molecule has 1 aliphatic heterocycles. The Morgan fingerprint density at radius 2 is 1.83 bits per heavy atom. The van der Waals surface area contributed by atoms with E-state index in [1.54, 1.807) is 0 Å². The van der Waals surface area contributed by atoms with Gasteiger partial charge in [0.2, 0.25) is 0 Å². The lowest BCUT2D eigenvalue weighted by Gasteiger charge is -2.32. The van der Waals surface area contributed by atoms with Crippen LogP contribution in [0.25, 0.3) is 5.57 Å². The van der Waals surface area contributed by atoms with Crippen molar-refractivity contribution in [3.8, 4) is 0 Å². The van der Waals surface area contributed by atoms with Crippen LogP contribution in [-0.4, -0.2) is 37.1 Å². The first-order valence-electron chi connectivity index (χ1n) is 10.8. The highest BCUT2D eigenvalue weighted by molar-refractivity contribution is 5.75. The second kappa shape index (κ2) is 10.4. The van der Waals surface area contributed by atoms with E-state index in [-0.39, 0.29) is 5.82 Å². The number of nitrogens with one attached hydrogen (secondary N) is 1. The first kappa shape index (κ1) is 20.6. The average Bonchev–Trinajstić information content (AvgIpc) is 3.17. The van der Waals surface area contributed by atoms with E-state index in [1.165, 1.54) is 36.1 Å². The Morgan fingerprint density at radius 1 is 1.00 bits per heavy atom. The number of rotatable bonds is 6. The smallest absolute Gasteiger partial charge is 0.123 e. The van der Waals surface area contributed by atoms with Crippen LogP contribution >= 0.6 is 0 Å². The molecule has 0 saturated carbocycles. The van der Waals surface area contributed by atoms with E-state index in [0.717, 1.165) is 43.7 Å². The summed E-state index contributed by atoms with van der Waals surface area (Å²) in [6.45, 7) is 4.15. The molecule has 2 nitrogen and oxygen atoms in total. The number of likely N-dealkylation sites (tertiary alicyclic amines) is 1. The fourth-order valence-electron chi connectivity index (χ4n) is 4.07. The van der Waals surface area contributed by atoms with Crippen LogP contribution in [-0.2, 0) is 0 Å². The number of piperidine rings is 1. The SMILES string of the molecule is Fc1ccc(C2=CCC=C(CNC3CCN(CC4=CC=CC=C=C4)CC3)C=C2)cc1. The van der Waals surface area contributed by atoms with Crippen LogP contribution in [0.3, 0.4) is 0 Å². The van der Waals surface area contributed by atoms with E-state index in [1.807, 2.05) is 24.3 Å². The topological polar surface area (TPSA) is 15.3 Å². The van der Waals surface area contributed by atoms with Crippen molar-refractivity contribution in [2.45, 2.75) is 25.3 Å². The van der Waals surface area contributed by atoms with Gasteiger partial charge in [0, 0.05) is 19.1 Å². The molecule has 1 saturated heterocycles. The summed E-state index contributed by atoms with van der Waals surface area (Å²) in [4.78, 5) is 2.53. The molecule has 1 aromatic carbocycles. The van der Waals surface area contributed by atoms with Crippen molar-refractivity contribution in [3.05, 3.63) is 107 Å². The predicted molar refractivity (Wildman–Crippen MR) is 124 cm³/mol. The van der Waals surface area contributed by atoms with Crippen molar-refractivity contribution in [2.24, 2.45) is 0 Å². The molecule has 30 heavy (non-hydrogen) atoms. The standard InChI is InChI=1S/C27H29FN2/c28-26-14-12-25(13-15-26)24-9-5-8-22(10-11-24)20-29-27-16-18-30(19-17-27)21-23-6-3-1-2-4-7-23/h1-3,6-15,27,29H,5,16-21H2. The highest BCUT2D eigenvalue weighted by atomic mass is 19.1. The van der Waals surface area contributed by atoms with E-state index in [0.29, 0.717) is 6.04 Å². The van der Waals surface area contributed by atoms with Crippen molar-refractivity contribution in [3.63, 3.8) is 0 Å². The third-order valence-corrected chi connectivity index (χ3v) is 5.84. The number of benzene rings is 1. The normalized spacial score (nSPS) is 19.8. The highest BCUT2D eigenvalue weighted by Crippen LogP contribution is 2.21. The number of halogens is 1. The van der Waals surface area contributed by atoms with Crippen molar-refractivity contribution in [1.29, 1.82) is 0 Å². The second-order valence-corrected chi connectivity index (χ2v) is 8.05. The van der Waals surface area contributed by atoms with Crippen LogP contribution in [0, 0.1) is 5.82 Å². The molecule has 1 N–H and O–H groups in total. The van der Waals surface area contributed by atoms with E-state index in [2.05, 4.69) is 58.5 Å². The quantitative estimate of drug-likeness (QED) is 0.647. The summed E-state index contributed by atoms with van der Waals surface area (Å²) in [7, 11) is 0. The molecule has 154 valence electrons. The Morgan fingerprint density at radius 3 is 2.67 bits per heavy atom. The molecule has 0 amide bonds. The molecule has 0 unspecified atom stereocenters. The molecule has 1 fully saturated rings. The fourth-order valence-corrected chi connectivity index (χ4v) is 4.07. The molecule has 0 spiro atoms. The van der Waals surface area contributed by atoms with Crippen LogP contribution in [0.15, 0.2) is 95.8 Å². The third kappa shape index (κ3) is 5.90. The lowest BCUT2D eigenvalue weighted by atomic mass is 10.0. The van der Waals surface area contributed by atoms with Gasteiger partial charge >= 0.3 is 0 Å². The number of nitrogens with zero attached hydrogens (tertiary/aromatic N) is 1. The lowest BCUT2D eigenvalue weighted by Crippen LogP contribution is -2.43. The lowest BCUT2D eigenvalue weighted by molar-refractivity contribution is 0.215. The monoisotopic (exact) mass is 400 g/mol. The summed E-state index contributed by atoms with van der Waals surface area (Å²) in [6.07, 6.45) is 22.4. The molecular weight excluding hydrogens is 371 g/mol. The van der Waals surface area contributed by atoms with Gasteiger partial charge in [0.1, 0.15) is 5.82 Å². The first-order chi connectivity index (χ1) is 14.8. The summed E-state index contributed by atoms with van der Waals surface area (Å²) in [5, 5.41) is 3.75. The molecule has 2 aliphatic carbocycles. The number of hydrogen-bond donors (Lipinski definition) is 1. The zero-order valence-corrected chi connectivity index (χ0v) is 17.4. The average molecular weight is 401 g/mol. The Balaban J connectivity index is 1.22. The van der Waals surface area contributed by atoms with E-state index < -0.39 is 0 Å². The summed E-state index contributed by atoms with van der Waals surface area (Å²) in [6, 6.07) is 7.30. The molecule has 0 radical (unpaired) electrons. The van der Waals surface area contributed by atoms with Crippen molar-refractivity contribution >= 4 is 5.57 Å². The van der Waals surface area contributed by atoms with Gasteiger partial charge in [-0.15, -0.1) is 5.73 Å². The van der Waals surface area contributed by atoms with Crippen molar-refractivity contribution in [1.82, 2.24) is 10.2 Å². The van der Waals surface area contributed by atoms with Crippen LogP contribution < -0.4 is 5.32 Å². The third-order valence-electron chi connectivity index (χ3n) is 5.84. The molecule has 3 aliphatic rings. The minimum Gasteiger partial charge on any atom is -0.310 e. The van der Waals surface area contributed by atoms with Crippen LogP contribution in [0.1, 0.15) is 24.8 Å². The van der Waals surface area contributed by atoms with Crippen molar-refractivity contribution < 1.29 is 4.39 Å². The second-order valence-electron chi connectivity index (χ2n) is 8.05. The van der Waals surface area contributed by atoms with Gasteiger partial charge in [-0.1, -0.05) is 54.7 Å².